The van der Waals surface area contributed by atoms with Crippen molar-refractivity contribution in [1.82, 2.24) is 0 Å². The first-order valence-corrected chi connectivity index (χ1v) is 7.05. The molecule has 5 heteroatoms. The molecule has 19 heavy (non-hydrogen) atoms. The van der Waals surface area contributed by atoms with Crippen molar-refractivity contribution in [2.75, 3.05) is 5.32 Å². The lowest BCUT2D eigenvalue weighted by molar-refractivity contribution is 0.102. The summed E-state index contributed by atoms with van der Waals surface area (Å²) in [5, 5.41) is 3.78. The van der Waals surface area contributed by atoms with E-state index in [9.17, 15) is 4.79 Å². The first kappa shape index (κ1) is 14.4. The Hall–Kier alpha value is -1.03. The molecule has 0 saturated carbocycles. The standard InChI is InChI=1S/C14H10BrCl2NO/c1-8-2-4-10(16)7-11(8)14(19)18-13-6-9(15)3-5-12(13)17/h2-7H,1H3,(H,18,19). The fourth-order valence-corrected chi connectivity index (χ4v) is 2.32. The average Bonchev–Trinajstić information content (AvgIpc) is 2.36. The molecule has 2 aromatic rings. The number of benzene rings is 2. The molecule has 1 N–H and O–H groups in total. The summed E-state index contributed by atoms with van der Waals surface area (Å²) in [4.78, 5) is 12.2. The van der Waals surface area contributed by atoms with Crippen molar-refractivity contribution in [2.45, 2.75) is 6.92 Å². The molecule has 0 aliphatic rings. The summed E-state index contributed by atoms with van der Waals surface area (Å²) in [6.45, 7) is 1.85. The summed E-state index contributed by atoms with van der Waals surface area (Å²) in [6.07, 6.45) is 0. The van der Waals surface area contributed by atoms with Crippen LogP contribution in [-0.2, 0) is 0 Å². The molecular weight excluding hydrogens is 349 g/mol. The highest BCUT2D eigenvalue weighted by Crippen LogP contribution is 2.26. The van der Waals surface area contributed by atoms with Gasteiger partial charge >= 0.3 is 0 Å². The van der Waals surface area contributed by atoms with Gasteiger partial charge in [0.2, 0.25) is 0 Å². The lowest BCUT2D eigenvalue weighted by Gasteiger charge is -2.10. The normalized spacial score (nSPS) is 10.3. The molecule has 2 aromatic carbocycles. The number of carbonyl (C=O) groups excluding carboxylic acids is 1. The summed E-state index contributed by atoms with van der Waals surface area (Å²) < 4.78 is 0.843. The van der Waals surface area contributed by atoms with E-state index in [0.29, 0.717) is 21.3 Å². The van der Waals surface area contributed by atoms with Crippen LogP contribution in [0.15, 0.2) is 40.9 Å². The largest absolute Gasteiger partial charge is 0.321 e. The van der Waals surface area contributed by atoms with Crippen molar-refractivity contribution >= 4 is 50.7 Å². The Morgan fingerprint density at radius 3 is 2.63 bits per heavy atom. The number of hydrogen-bond donors (Lipinski definition) is 1. The Morgan fingerprint density at radius 1 is 1.16 bits per heavy atom. The van der Waals surface area contributed by atoms with Crippen LogP contribution in [0.5, 0.6) is 0 Å². The molecule has 0 aromatic heterocycles. The number of anilines is 1. The maximum Gasteiger partial charge on any atom is 0.256 e. The summed E-state index contributed by atoms with van der Waals surface area (Å²) in [6, 6.07) is 10.5. The molecular formula is C14H10BrCl2NO. The predicted molar refractivity (Wildman–Crippen MR) is 83.3 cm³/mol. The van der Waals surface area contributed by atoms with E-state index in [2.05, 4.69) is 21.2 Å². The highest BCUT2D eigenvalue weighted by molar-refractivity contribution is 9.10. The molecule has 0 radical (unpaired) electrons. The van der Waals surface area contributed by atoms with Crippen LogP contribution in [-0.4, -0.2) is 5.91 Å². The Labute approximate surface area is 129 Å². The topological polar surface area (TPSA) is 29.1 Å². The smallest absolute Gasteiger partial charge is 0.256 e. The lowest BCUT2D eigenvalue weighted by Crippen LogP contribution is -2.13. The van der Waals surface area contributed by atoms with Crippen LogP contribution in [0.1, 0.15) is 15.9 Å². The second-order valence-corrected chi connectivity index (χ2v) is 5.80. The van der Waals surface area contributed by atoms with Crippen LogP contribution in [0.2, 0.25) is 10.0 Å². The molecule has 0 aliphatic heterocycles. The van der Waals surface area contributed by atoms with Crippen molar-refractivity contribution in [3.8, 4) is 0 Å². The number of nitrogens with one attached hydrogen (secondary N) is 1. The van der Waals surface area contributed by atoms with Gasteiger partial charge in [-0.05, 0) is 42.8 Å². The maximum atomic E-state index is 12.2. The number of amides is 1. The maximum absolute atomic E-state index is 12.2. The minimum atomic E-state index is -0.236. The fraction of sp³-hybridized carbons (Fsp3) is 0.0714. The molecule has 0 unspecified atom stereocenters. The van der Waals surface area contributed by atoms with E-state index in [1.165, 1.54) is 0 Å². The molecule has 0 bridgehead atoms. The number of carbonyl (C=O) groups is 1. The molecule has 0 heterocycles. The van der Waals surface area contributed by atoms with Crippen molar-refractivity contribution in [2.24, 2.45) is 0 Å². The van der Waals surface area contributed by atoms with Gasteiger partial charge in [-0.25, -0.2) is 0 Å². The van der Waals surface area contributed by atoms with Gasteiger partial charge in [-0.3, -0.25) is 4.79 Å². The van der Waals surface area contributed by atoms with Gasteiger partial charge < -0.3 is 5.32 Å². The minimum Gasteiger partial charge on any atom is -0.321 e. The van der Waals surface area contributed by atoms with Crippen molar-refractivity contribution < 1.29 is 4.79 Å². The quantitative estimate of drug-likeness (QED) is 0.773. The van der Waals surface area contributed by atoms with Crippen molar-refractivity contribution in [3.63, 3.8) is 0 Å². The third-order valence-electron chi connectivity index (χ3n) is 2.62. The summed E-state index contributed by atoms with van der Waals surface area (Å²) in [5.41, 5.74) is 1.94. The Morgan fingerprint density at radius 2 is 1.89 bits per heavy atom. The number of hydrogen-bond acceptors (Lipinski definition) is 1. The molecule has 2 rings (SSSR count). The second-order valence-electron chi connectivity index (χ2n) is 4.04. The van der Waals surface area contributed by atoms with Crippen molar-refractivity contribution in [3.05, 3.63) is 62.0 Å². The van der Waals surface area contributed by atoms with Gasteiger partial charge in [-0.15, -0.1) is 0 Å². The van der Waals surface area contributed by atoms with E-state index in [1.54, 1.807) is 30.3 Å². The zero-order valence-corrected chi connectivity index (χ0v) is 13.1. The van der Waals surface area contributed by atoms with E-state index in [1.807, 2.05) is 13.0 Å². The van der Waals surface area contributed by atoms with Crippen LogP contribution < -0.4 is 5.32 Å². The SMILES string of the molecule is Cc1ccc(Cl)cc1C(=O)Nc1cc(Br)ccc1Cl. The molecule has 1 amide bonds. The van der Waals surface area contributed by atoms with Gasteiger partial charge in [-0.2, -0.15) is 0 Å². The number of rotatable bonds is 2. The van der Waals surface area contributed by atoms with Crippen LogP contribution in [0.25, 0.3) is 0 Å². The van der Waals surface area contributed by atoms with Crippen LogP contribution >= 0.6 is 39.1 Å². The summed E-state index contributed by atoms with van der Waals surface area (Å²) in [7, 11) is 0. The second kappa shape index (κ2) is 5.95. The van der Waals surface area contributed by atoms with Gasteiger partial charge in [0, 0.05) is 15.1 Å². The molecule has 98 valence electrons. The third kappa shape index (κ3) is 3.50. The van der Waals surface area contributed by atoms with Gasteiger partial charge in [0.1, 0.15) is 0 Å². The van der Waals surface area contributed by atoms with Gasteiger partial charge in [0.25, 0.3) is 5.91 Å². The summed E-state index contributed by atoms with van der Waals surface area (Å²) >= 11 is 15.3. The predicted octanol–water partition coefficient (Wildman–Crippen LogP) is 5.32. The first-order chi connectivity index (χ1) is 8.97. The fourth-order valence-electron chi connectivity index (χ4n) is 1.62. The van der Waals surface area contributed by atoms with E-state index in [-0.39, 0.29) is 5.91 Å². The third-order valence-corrected chi connectivity index (χ3v) is 3.68. The minimum absolute atomic E-state index is 0.236. The van der Waals surface area contributed by atoms with Gasteiger partial charge in [0.15, 0.2) is 0 Å². The van der Waals surface area contributed by atoms with Crippen molar-refractivity contribution in [1.29, 1.82) is 0 Å². The van der Waals surface area contributed by atoms with Crippen LogP contribution in [0, 0.1) is 6.92 Å². The highest BCUT2D eigenvalue weighted by Gasteiger charge is 2.11. The molecule has 0 saturated heterocycles. The first-order valence-electron chi connectivity index (χ1n) is 5.50. The van der Waals surface area contributed by atoms with E-state index in [0.717, 1.165) is 10.0 Å². The van der Waals surface area contributed by atoms with E-state index < -0.39 is 0 Å². The number of aryl methyl sites for hydroxylation is 1. The average molecular weight is 359 g/mol. The lowest BCUT2D eigenvalue weighted by atomic mass is 10.1. The molecule has 2 nitrogen and oxygen atoms in total. The van der Waals surface area contributed by atoms with E-state index >= 15 is 0 Å². The molecule has 0 atom stereocenters. The monoisotopic (exact) mass is 357 g/mol. The van der Waals surface area contributed by atoms with Gasteiger partial charge in [-0.1, -0.05) is 45.2 Å². The molecule has 0 fully saturated rings. The molecule has 0 aliphatic carbocycles. The zero-order valence-electron chi connectivity index (χ0n) is 10.0. The van der Waals surface area contributed by atoms with Crippen LogP contribution in [0.4, 0.5) is 5.69 Å². The summed E-state index contributed by atoms with van der Waals surface area (Å²) in [5.74, 6) is -0.236. The highest BCUT2D eigenvalue weighted by atomic mass is 79.9. The van der Waals surface area contributed by atoms with E-state index in [4.69, 9.17) is 23.2 Å². The number of halogens is 3. The zero-order chi connectivity index (χ0) is 14.0. The Bertz CT molecular complexity index is 643. The van der Waals surface area contributed by atoms with Crippen LogP contribution in [0.3, 0.4) is 0 Å². The molecule has 0 spiro atoms. The Kier molecular flexibility index (Phi) is 4.50. The van der Waals surface area contributed by atoms with Gasteiger partial charge in [0.05, 0.1) is 10.7 Å². The Balaban J connectivity index is 2.30.